The van der Waals surface area contributed by atoms with Crippen molar-refractivity contribution in [3.8, 4) is 5.75 Å². The fourth-order valence-electron chi connectivity index (χ4n) is 2.97. The SMILES string of the molecule is C[C@H](C(=O)NC(C)(C)C)N(Cc1ccc(Cl)c(Cl)c1)C(=O)CCCOc1ccccc1. The van der Waals surface area contributed by atoms with Gasteiger partial charge < -0.3 is 15.0 Å². The molecule has 168 valence electrons. The number of ether oxygens (including phenoxy) is 1. The number of para-hydroxylation sites is 1. The van der Waals surface area contributed by atoms with Crippen molar-refractivity contribution in [1.29, 1.82) is 0 Å². The van der Waals surface area contributed by atoms with Crippen molar-refractivity contribution in [2.24, 2.45) is 0 Å². The molecule has 0 bridgehead atoms. The van der Waals surface area contributed by atoms with Gasteiger partial charge in [-0.05, 0) is 63.9 Å². The van der Waals surface area contributed by atoms with Crippen LogP contribution in [0.15, 0.2) is 48.5 Å². The summed E-state index contributed by atoms with van der Waals surface area (Å²) in [6.07, 6.45) is 0.806. The first-order valence-corrected chi connectivity index (χ1v) is 11.1. The maximum atomic E-state index is 13.1. The van der Waals surface area contributed by atoms with Crippen molar-refractivity contribution in [1.82, 2.24) is 10.2 Å². The molecule has 31 heavy (non-hydrogen) atoms. The lowest BCUT2D eigenvalue weighted by Crippen LogP contribution is -2.52. The van der Waals surface area contributed by atoms with Crippen LogP contribution in [-0.2, 0) is 16.1 Å². The molecule has 2 aromatic rings. The maximum Gasteiger partial charge on any atom is 0.242 e. The fourth-order valence-corrected chi connectivity index (χ4v) is 3.29. The molecule has 7 heteroatoms. The number of carbonyl (C=O) groups excluding carboxylic acids is 2. The second-order valence-corrected chi connectivity index (χ2v) is 9.26. The molecule has 0 saturated heterocycles. The van der Waals surface area contributed by atoms with Crippen LogP contribution in [0.25, 0.3) is 0 Å². The van der Waals surface area contributed by atoms with E-state index < -0.39 is 11.6 Å². The van der Waals surface area contributed by atoms with Crippen LogP contribution in [0.3, 0.4) is 0 Å². The summed E-state index contributed by atoms with van der Waals surface area (Å²) >= 11 is 12.1. The zero-order valence-corrected chi connectivity index (χ0v) is 20.0. The Morgan fingerprint density at radius 1 is 1.06 bits per heavy atom. The molecule has 5 nitrogen and oxygen atoms in total. The van der Waals surface area contributed by atoms with Crippen molar-refractivity contribution in [3.63, 3.8) is 0 Å². The lowest BCUT2D eigenvalue weighted by atomic mass is 10.1. The molecule has 0 fully saturated rings. The topological polar surface area (TPSA) is 58.6 Å². The van der Waals surface area contributed by atoms with Gasteiger partial charge in [-0.2, -0.15) is 0 Å². The van der Waals surface area contributed by atoms with Crippen LogP contribution in [-0.4, -0.2) is 34.9 Å². The number of hydrogen-bond acceptors (Lipinski definition) is 3. The molecule has 0 aliphatic heterocycles. The van der Waals surface area contributed by atoms with Gasteiger partial charge in [0.05, 0.1) is 16.7 Å². The number of nitrogens with one attached hydrogen (secondary N) is 1. The summed E-state index contributed by atoms with van der Waals surface area (Å²) in [7, 11) is 0. The Labute approximate surface area is 194 Å². The minimum Gasteiger partial charge on any atom is -0.494 e. The normalized spacial score (nSPS) is 12.2. The van der Waals surface area contributed by atoms with Crippen LogP contribution >= 0.6 is 23.2 Å². The summed E-state index contributed by atoms with van der Waals surface area (Å²) in [5.41, 5.74) is 0.409. The summed E-state index contributed by atoms with van der Waals surface area (Å²) in [6.45, 7) is 8.13. The van der Waals surface area contributed by atoms with E-state index in [9.17, 15) is 9.59 Å². The van der Waals surface area contributed by atoms with Crippen LogP contribution in [0.5, 0.6) is 5.75 Å². The summed E-state index contributed by atoms with van der Waals surface area (Å²) in [4.78, 5) is 27.4. The number of carbonyl (C=O) groups is 2. The molecule has 0 heterocycles. The highest BCUT2D eigenvalue weighted by Gasteiger charge is 2.28. The second-order valence-electron chi connectivity index (χ2n) is 8.45. The monoisotopic (exact) mass is 464 g/mol. The number of hydrogen-bond donors (Lipinski definition) is 1. The molecule has 2 rings (SSSR count). The van der Waals surface area contributed by atoms with E-state index in [-0.39, 0.29) is 24.8 Å². The average molecular weight is 465 g/mol. The van der Waals surface area contributed by atoms with Gasteiger partial charge in [-0.3, -0.25) is 9.59 Å². The molecule has 0 aromatic heterocycles. The van der Waals surface area contributed by atoms with Crippen molar-refractivity contribution in [3.05, 3.63) is 64.1 Å². The molecule has 0 aliphatic rings. The predicted octanol–water partition coefficient (Wildman–Crippen LogP) is 5.48. The van der Waals surface area contributed by atoms with Gasteiger partial charge in [0.2, 0.25) is 11.8 Å². The highest BCUT2D eigenvalue weighted by Crippen LogP contribution is 2.24. The zero-order valence-electron chi connectivity index (χ0n) is 18.5. The van der Waals surface area contributed by atoms with Gasteiger partial charge in [0, 0.05) is 18.5 Å². The maximum absolute atomic E-state index is 13.1. The van der Waals surface area contributed by atoms with E-state index in [2.05, 4.69) is 5.32 Å². The standard InChI is InChI=1S/C24H30Cl2N2O3/c1-17(23(30)27-24(2,3)4)28(16-18-12-13-20(25)21(26)15-18)22(29)11-8-14-31-19-9-6-5-7-10-19/h5-7,9-10,12-13,15,17H,8,11,14,16H2,1-4H3,(H,27,30)/t17-/m1/s1. The van der Waals surface area contributed by atoms with Crippen LogP contribution < -0.4 is 10.1 Å². The third kappa shape index (κ3) is 8.42. The quantitative estimate of drug-likeness (QED) is 0.499. The summed E-state index contributed by atoms with van der Waals surface area (Å²) in [5.74, 6) is 0.432. The molecule has 1 N–H and O–H groups in total. The lowest BCUT2D eigenvalue weighted by molar-refractivity contribution is -0.141. The van der Waals surface area contributed by atoms with Gasteiger partial charge in [-0.15, -0.1) is 0 Å². The average Bonchev–Trinajstić information content (AvgIpc) is 2.71. The second kappa shape index (κ2) is 11.4. The van der Waals surface area contributed by atoms with Gasteiger partial charge in [-0.1, -0.05) is 47.5 Å². The van der Waals surface area contributed by atoms with Crippen LogP contribution in [0.2, 0.25) is 10.0 Å². The molecule has 0 radical (unpaired) electrons. The Kier molecular flexibility index (Phi) is 9.20. The van der Waals surface area contributed by atoms with E-state index in [1.54, 1.807) is 30.0 Å². The molecule has 1 atom stereocenters. The van der Waals surface area contributed by atoms with E-state index >= 15 is 0 Å². The first-order valence-electron chi connectivity index (χ1n) is 10.3. The predicted molar refractivity (Wildman–Crippen MR) is 126 cm³/mol. The number of amides is 2. The van der Waals surface area contributed by atoms with Crippen LogP contribution in [0, 0.1) is 0 Å². The van der Waals surface area contributed by atoms with Gasteiger partial charge in [0.1, 0.15) is 11.8 Å². The first-order chi connectivity index (χ1) is 14.6. The smallest absolute Gasteiger partial charge is 0.242 e. The van der Waals surface area contributed by atoms with E-state index in [4.69, 9.17) is 27.9 Å². The molecule has 0 aliphatic carbocycles. The molecular formula is C24H30Cl2N2O3. The molecule has 0 saturated carbocycles. The highest BCUT2D eigenvalue weighted by molar-refractivity contribution is 6.42. The zero-order chi connectivity index (χ0) is 23.0. The summed E-state index contributed by atoms with van der Waals surface area (Å²) < 4.78 is 5.67. The summed E-state index contributed by atoms with van der Waals surface area (Å²) in [6, 6.07) is 14.0. The Balaban J connectivity index is 2.06. The number of rotatable bonds is 9. The van der Waals surface area contributed by atoms with Crippen LogP contribution in [0.4, 0.5) is 0 Å². The minimum absolute atomic E-state index is 0.126. The van der Waals surface area contributed by atoms with E-state index in [0.29, 0.717) is 23.1 Å². The molecule has 2 amide bonds. The Morgan fingerprint density at radius 2 is 1.74 bits per heavy atom. The molecule has 0 spiro atoms. The Morgan fingerprint density at radius 3 is 2.35 bits per heavy atom. The fraction of sp³-hybridized carbons (Fsp3) is 0.417. The van der Waals surface area contributed by atoms with Crippen molar-refractivity contribution >= 4 is 35.0 Å². The summed E-state index contributed by atoms with van der Waals surface area (Å²) in [5, 5.41) is 3.80. The van der Waals surface area contributed by atoms with Gasteiger partial charge in [0.15, 0.2) is 0 Å². The third-order valence-corrected chi connectivity index (χ3v) is 5.29. The van der Waals surface area contributed by atoms with Gasteiger partial charge in [0.25, 0.3) is 0 Å². The van der Waals surface area contributed by atoms with Gasteiger partial charge >= 0.3 is 0 Å². The van der Waals surface area contributed by atoms with Gasteiger partial charge in [-0.25, -0.2) is 0 Å². The van der Waals surface area contributed by atoms with Crippen molar-refractivity contribution in [2.45, 2.75) is 58.7 Å². The highest BCUT2D eigenvalue weighted by atomic mass is 35.5. The molecule has 2 aromatic carbocycles. The largest absolute Gasteiger partial charge is 0.494 e. The van der Waals surface area contributed by atoms with E-state index in [0.717, 1.165) is 11.3 Å². The van der Waals surface area contributed by atoms with E-state index in [1.807, 2.05) is 51.1 Å². The van der Waals surface area contributed by atoms with E-state index in [1.165, 1.54) is 0 Å². The number of halogens is 2. The minimum atomic E-state index is -0.642. The van der Waals surface area contributed by atoms with Crippen molar-refractivity contribution < 1.29 is 14.3 Å². The number of nitrogens with zero attached hydrogens (tertiary/aromatic N) is 1. The Hall–Kier alpha value is -2.24. The lowest BCUT2D eigenvalue weighted by Gasteiger charge is -2.31. The molecule has 0 unspecified atom stereocenters. The third-order valence-electron chi connectivity index (χ3n) is 4.55. The van der Waals surface area contributed by atoms with Crippen molar-refractivity contribution in [2.75, 3.05) is 6.61 Å². The number of benzene rings is 2. The Bertz CT molecular complexity index is 882. The first kappa shape index (κ1) is 25.0. The molecular weight excluding hydrogens is 435 g/mol. The van der Waals surface area contributed by atoms with Crippen LogP contribution in [0.1, 0.15) is 46.1 Å².